The lowest BCUT2D eigenvalue weighted by Crippen LogP contribution is -2.28. The monoisotopic (exact) mass is 452 g/mol. The predicted molar refractivity (Wildman–Crippen MR) is 142 cm³/mol. The number of fused-ring (bicyclic) bond motifs is 10. The van der Waals surface area contributed by atoms with E-state index in [4.69, 9.17) is 10.6 Å². The molecule has 7 rings (SSSR count). The molecule has 35 heavy (non-hydrogen) atoms. The van der Waals surface area contributed by atoms with Crippen molar-refractivity contribution in [1.29, 1.82) is 0 Å². The Morgan fingerprint density at radius 3 is 1.51 bits per heavy atom. The summed E-state index contributed by atoms with van der Waals surface area (Å²) in [6.45, 7) is 0. The minimum Gasteiger partial charge on any atom is -0.497 e. The van der Waals surface area contributed by atoms with Gasteiger partial charge in [-0.1, -0.05) is 78.9 Å². The molecule has 0 heterocycles. The Labute approximate surface area is 205 Å². The van der Waals surface area contributed by atoms with E-state index in [2.05, 4.69) is 91.0 Å². The van der Waals surface area contributed by atoms with Crippen molar-refractivity contribution in [2.24, 2.45) is 5.84 Å². The minimum absolute atomic E-state index is 0.365. The number of benzene rings is 5. The summed E-state index contributed by atoms with van der Waals surface area (Å²) in [5.74, 6) is 7.49. The third-order valence-corrected chi connectivity index (χ3v) is 7.61. The maximum Gasteiger partial charge on any atom is 0.119 e. The van der Waals surface area contributed by atoms with Gasteiger partial charge in [0, 0.05) is 0 Å². The topological polar surface area (TPSA) is 38.5 Å². The van der Waals surface area contributed by atoms with Crippen molar-refractivity contribution in [2.75, 3.05) is 12.1 Å². The number of hydrogen-bond acceptors (Lipinski definition) is 3. The van der Waals surface area contributed by atoms with Crippen LogP contribution in [0.2, 0.25) is 0 Å². The quantitative estimate of drug-likeness (QED) is 0.231. The zero-order valence-corrected chi connectivity index (χ0v) is 19.4. The number of nitrogens with two attached hydrogens (primary N) is 1. The number of hydrogen-bond donors (Lipinski definition) is 1. The molecule has 0 radical (unpaired) electrons. The smallest absolute Gasteiger partial charge is 0.119 e. The first-order valence-electron chi connectivity index (χ1n) is 11.9. The third kappa shape index (κ3) is 2.59. The van der Waals surface area contributed by atoms with E-state index in [9.17, 15) is 0 Å². The molecular weight excluding hydrogens is 428 g/mol. The molecule has 168 valence electrons. The minimum atomic E-state index is -0.365. The highest BCUT2D eigenvalue weighted by Crippen LogP contribution is 2.63. The first-order valence-corrected chi connectivity index (χ1v) is 11.9. The first kappa shape index (κ1) is 20.1. The molecule has 1 spiro atoms. The summed E-state index contributed by atoms with van der Waals surface area (Å²) < 4.78 is 5.32. The summed E-state index contributed by atoms with van der Waals surface area (Å²) >= 11 is 0. The largest absolute Gasteiger partial charge is 0.497 e. The van der Waals surface area contributed by atoms with E-state index in [1.165, 1.54) is 44.5 Å². The van der Waals surface area contributed by atoms with E-state index in [0.29, 0.717) is 0 Å². The van der Waals surface area contributed by atoms with Crippen molar-refractivity contribution in [1.82, 2.24) is 0 Å². The highest BCUT2D eigenvalue weighted by atomic mass is 16.5. The lowest BCUT2D eigenvalue weighted by Gasteiger charge is -2.31. The summed E-state index contributed by atoms with van der Waals surface area (Å²) in [4.78, 5) is 0. The lowest BCUT2D eigenvalue weighted by atomic mass is 9.70. The van der Waals surface area contributed by atoms with Crippen molar-refractivity contribution < 1.29 is 4.74 Å². The second-order valence-corrected chi connectivity index (χ2v) is 9.18. The summed E-state index contributed by atoms with van der Waals surface area (Å²) in [5.41, 5.74) is 11.9. The molecule has 3 heteroatoms. The van der Waals surface area contributed by atoms with Gasteiger partial charge in [0.05, 0.1) is 23.9 Å². The highest BCUT2D eigenvalue weighted by Gasteiger charge is 2.51. The standard InChI is InChI=1S/C32H24N2O/c1-35-23-17-14-21(15-18-23)34(33)22-16-19-27-26-10-4-7-13-30(26)32(31(27)20-22)28-11-5-2-8-24(28)25-9-3-6-12-29(25)32/h2-20H,33H2,1H3. The first-order chi connectivity index (χ1) is 17.2. The van der Waals surface area contributed by atoms with Crippen molar-refractivity contribution in [3.63, 3.8) is 0 Å². The van der Waals surface area contributed by atoms with Gasteiger partial charge in [-0.2, -0.15) is 0 Å². The van der Waals surface area contributed by atoms with Crippen molar-refractivity contribution in [3.8, 4) is 28.0 Å². The van der Waals surface area contributed by atoms with Gasteiger partial charge in [-0.25, -0.2) is 5.84 Å². The normalized spacial score (nSPS) is 13.7. The molecule has 0 aromatic heterocycles. The van der Waals surface area contributed by atoms with Gasteiger partial charge in [0.2, 0.25) is 0 Å². The number of nitrogens with zero attached hydrogens (tertiary/aromatic N) is 1. The zero-order valence-electron chi connectivity index (χ0n) is 19.4. The van der Waals surface area contributed by atoms with Crippen LogP contribution < -0.4 is 15.6 Å². The molecule has 2 aliphatic carbocycles. The summed E-state index contributed by atoms with van der Waals surface area (Å²) in [5, 5.41) is 1.75. The number of ether oxygens (including phenoxy) is 1. The molecular formula is C32H24N2O. The fourth-order valence-electron chi connectivity index (χ4n) is 6.12. The van der Waals surface area contributed by atoms with E-state index in [1.54, 1.807) is 12.1 Å². The van der Waals surface area contributed by atoms with Gasteiger partial charge < -0.3 is 4.74 Å². The molecule has 0 bridgehead atoms. The zero-order chi connectivity index (χ0) is 23.6. The Kier molecular flexibility index (Phi) is 4.20. The molecule has 3 nitrogen and oxygen atoms in total. The Hall–Kier alpha value is -4.34. The van der Waals surface area contributed by atoms with Crippen LogP contribution in [-0.4, -0.2) is 7.11 Å². The average molecular weight is 453 g/mol. The molecule has 0 saturated carbocycles. The lowest BCUT2D eigenvalue weighted by molar-refractivity contribution is 0.415. The second kappa shape index (κ2) is 7.33. The number of methoxy groups -OCH3 is 1. The maximum atomic E-state index is 6.68. The fraction of sp³-hybridized carbons (Fsp3) is 0.0625. The molecule has 0 amide bonds. The van der Waals surface area contributed by atoms with Crippen molar-refractivity contribution in [2.45, 2.75) is 5.41 Å². The van der Waals surface area contributed by atoms with Crippen molar-refractivity contribution in [3.05, 3.63) is 138 Å². The molecule has 0 fully saturated rings. The van der Waals surface area contributed by atoms with Gasteiger partial charge in [0.15, 0.2) is 0 Å². The molecule has 0 atom stereocenters. The van der Waals surface area contributed by atoms with Crippen LogP contribution in [0.1, 0.15) is 22.3 Å². The van der Waals surface area contributed by atoms with Crippen LogP contribution in [0.5, 0.6) is 5.75 Å². The molecule has 2 N–H and O–H groups in total. The van der Waals surface area contributed by atoms with Crippen LogP contribution >= 0.6 is 0 Å². The van der Waals surface area contributed by atoms with Crippen LogP contribution in [0.4, 0.5) is 11.4 Å². The summed E-state index contributed by atoms with van der Waals surface area (Å²) in [7, 11) is 1.67. The van der Waals surface area contributed by atoms with Gasteiger partial charge >= 0.3 is 0 Å². The van der Waals surface area contributed by atoms with Crippen LogP contribution in [0.25, 0.3) is 22.3 Å². The summed E-state index contributed by atoms with van der Waals surface area (Å²) in [6.07, 6.45) is 0. The Balaban J connectivity index is 1.50. The Bertz CT molecular complexity index is 1540. The van der Waals surface area contributed by atoms with Crippen LogP contribution in [-0.2, 0) is 5.41 Å². The Morgan fingerprint density at radius 2 is 1.00 bits per heavy atom. The molecule has 0 unspecified atom stereocenters. The molecule has 5 aromatic carbocycles. The summed E-state index contributed by atoms with van der Waals surface area (Å²) in [6, 6.07) is 40.9. The SMILES string of the molecule is COc1ccc(N(N)c2ccc3c(c2)C2(c4ccccc4-c4ccccc42)c2ccccc2-3)cc1. The molecule has 2 aliphatic rings. The van der Waals surface area contributed by atoms with Crippen LogP contribution in [0, 0.1) is 0 Å². The van der Waals surface area contributed by atoms with E-state index in [-0.39, 0.29) is 5.41 Å². The number of rotatable bonds is 3. The highest BCUT2D eigenvalue weighted by molar-refractivity contribution is 5.95. The van der Waals surface area contributed by atoms with E-state index >= 15 is 0 Å². The van der Waals surface area contributed by atoms with Gasteiger partial charge in [-0.05, 0) is 80.9 Å². The predicted octanol–water partition coefficient (Wildman–Crippen LogP) is 7.05. The van der Waals surface area contributed by atoms with E-state index in [1.807, 2.05) is 24.3 Å². The van der Waals surface area contributed by atoms with E-state index < -0.39 is 0 Å². The van der Waals surface area contributed by atoms with Gasteiger partial charge in [-0.15, -0.1) is 0 Å². The van der Waals surface area contributed by atoms with Crippen molar-refractivity contribution >= 4 is 11.4 Å². The van der Waals surface area contributed by atoms with E-state index in [0.717, 1.165) is 17.1 Å². The molecule has 0 saturated heterocycles. The number of anilines is 2. The number of hydrazine groups is 1. The fourth-order valence-corrected chi connectivity index (χ4v) is 6.12. The maximum absolute atomic E-state index is 6.68. The van der Waals surface area contributed by atoms with Gasteiger partial charge in [-0.3, -0.25) is 5.01 Å². The van der Waals surface area contributed by atoms with Crippen LogP contribution in [0.15, 0.2) is 115 Å². The molecule has 0 aliphatic heterocycles. The Morgan fingerprint density at radius 1 is 0.543 bits per heavy atom. The van der Waals surface area contributed by atoms with Gasteiger partial charge in [0.25, 0.3) is 0 Å². The van der Waals surface area contributed by atoms with Crippen LogP contribution in [0.3, 0.4) is 0 Å². The average Bonchev–Trinajstić information content (AvgIpc) is 3.40. The van der Waals surface area contributed by atoms with Gasteiger partial charge in [0.1, 0.15) is 5.75 Å². The molecule has 5 aromatic rings. The third-order valence-electron chi connectivity index (χ3n) is 7.61. The second-order valence-electron chi connectivity index (χ2n) is 9.18.